The number of rotatable bonds is 0. The Morgan fingerprint density at radius 3 is 3.17 bits per heavy atom. The van der Waals surface area contributed by atoms with E-state index >= 15 is 0 Å². The summed E-state index contributed by atoms with van der Waals surface area (Å²) in [6.07, 6.45) is -0.466. The fourth-order valence-corrected chi connectivity index (χ4v) is 1.76. The number of hydrogen-bond donors (Lipinski definition) is 1. The summed E-state index contributed by atoms with van der Waals surface area (Å²) in [7, 11) is 0. The predicted molar refractivity (Wildman–Crippen MR) is 48.8 cm³/mol. The minimum Gasteiger partial charge on any atom is -0.386 e. The second-order valence-electron chi connectivity index (χ2n) is 2.87. The number of halogens is 1. The maximum atomic E-state index is 9.54. The molecule has 0 saturated carbocycles. The van der Waals surface area contributed by atoms with Gasteiger partial charge in [0, 0.05) is 4.47 Å². The first kappa shape index (κ1) is 8.23. The van der Waals surface area contributed by atoms with Crippen LogP contribution in [0.4, 0.5) is 0 Å². The highest BCUT2D eigenvalue weighted by atomic mass is 79.9. The Bertz CT molecular complexity index is 299. The zero-order valence-electron chi connectivity index (χ0n) is 6.46. The van der Waals surface area contributed by atoms with Gasteiger partial charge in [-0.15, -0.1) is 0 Å². The summed E-state index contributed by atoms with van der Waals surface area (Å²) in [5.74, 6) is 0. The van der Waals surface area contributed by atoms with Gasteiger partial charge in [0.05, 0.1) is 13.2 Å². The van der Waals surface area contributed by atoms with Crippen molar-refractivity contribution in [2.75, 3.05) is 6.61 Å². The van der Waals surface area contributed by atoms with E-state index in [1.165, 1.54) is 0 Å². The second-order valence-corrected chi connectivity index (χ2v) is 3.79. The molecule has 1 aliphatic rings. The third-order valence-corrected chi connectivity index (χ3v) is 2.49. The van der Waals surface area contributed by atoms with Crippen molar-refractivity contribution in [2.45, 2.75) is 12.7 Å². The van der Waals surface area contributed by atoms with Crippen molar-refractivity contribution < 1.29 is 9.84 Å². The first-order valence-electron chi connectivity index (χ1n) is 3.81. The molecular weight excluding hydrogens is 220 g/mol. The quantitative estimate of drug-likeness (QED) is 0.737. The molecule has 64 valence electrons. The van der Waals surface area contributed by atoms with E-state index in [1.54, 1.807) is 0 Å². The van der Waals surface area contributed by atoms with Crippen LogP contribution < -0.4 is 0 Å². The Kier molecular flexibility index (Phi) is 2.17. The lowest BCUT2D eigenvalue weighted by Gasteiger charge is -2.21. The van der Waals surface area contributed by atoms with Gasteiger partial charge in [0.25, 0.3) is 0 Å². The molecule has 1 heterocycles. The highest BCUT2D eigenvalue weighted by molar-refractivity contribution is 9.10. The van der Waals surface area contributed by atoms with Gasteiger partial charge in [-0.3, -0.25) is 0 Å². The number of hydrogen-bond acceptors (Lipinski definition) is 2. The molecule has 2 nitrogen and oxygen atoms in total. The Morgan fingerprint density at radius 2 is 2.33 bits per heavy atom. The van der Waals surface area contributed by atoms with E-state index in [9.17, 15) is 5.11 Å². The second kappa shape index (κ2) is 3.17. The lowest BCUT2D eigenvalue weighted by molar-refractivity contribution is 0.00976. The zero-order chi connectivity index (χ0) is 8.55. The van der Waals surface area contributed by atoms with Gasteiger partial charge >= 0.3 is 0 Å². The van der Waals surface area contributed by atoms with Gasteiger partial charge in [0.15, 0.2) is 0 Å². The van der Waals surface area contributed by atoms with E-state index in [0.717, 1.165) is 15.6 Å². The van der Waals surface area contributed by atoms with Gasteiger partial charge in [-0.2, -0.15) is 0 Å². The molecular formula is C9H9BrO2. The third-order valence-electron chi connectivity index (χ3n) is 2.00. The van der Waals surface area contributed by atoms with Gasteiger partial charge in [-0.05, 0) is 23.3 Å². The Balaban J connectivity index is 2.47. The van der Waals surface area contributed by atoms with E-state index in [4.69, 9.17) is 4.74 Å². The van der Waals surface area contributed by atoms with E-state index in [-0.39, 0.29) is 0 Å². The normalized spacial score (nSPS) is 22.0. The molecule has 0 aliphatic carbocycles. The van der Waals surface area contributed by atoms with Gasteiger partial charge in [-0.1, -0.05) is 22.0 Å². The summed E-state index contributed by atoms with van der Waals surface area (Å²) >= 11 is 3.37. The smallest absolute Gasteiger partial charge is 0.103 e. The molecule has 1 N–H and O–H groups in total. The van der Waals surface area contributed by atoms with Crippen molar-refractivity contribution in [3.63, 3.8) is 0 Å². The van der Waals surface area contributed by atoms with Crippen LogP contribution in [-0.4, -0.2) is 11.7 Å². The van der Waals surface area contributed by atoms with Gasteiger partial charge in [-0.25, -0.2) is 0 Å². The SMILES string of the molecule is O[C@H]1COCc2ccc(Br)cc21. The van der Waals surface area contributed by atoms with Crippen molar-refractivity contribution >= 4 is 15.9 Å². The average molecular weight is 229 g/mol. The monoisotopic (exact) mass is 228 g/mol. The van der Waals surface area contributed by atoms with Crippen LogP contribution in [0, 0.1) is 0 Å². The minimum atomic E-state index is -0.466. The molecule has 3 heteroatoms. The van der Waals surface area contributed by atoms with E-state index in [2.05, 4.69) is 15.9 Å². The highest BCUT2D eigenvalue weighted by Gasteiger charge is 2.17. The maximum absolute atomic E-state index is 9.54. The lowest BCUT2D eigenvalue weighted by atomic mass is 10.0. The van der Waals surface area contributed by atoms with Crippen molar-refractivity contribution in [3.05, 3.63) is 33.8 Å². The summed E-state index contributed by atoms with van der Waals surface area (Å²) in [5, 5.41) is 9.54. The molecule has 2 rings (SSSR count). The molecule has 1 aromatic carbocycles. The number of aliphatic hydroxyl groups is 1. The molecule has 0 amide bonds. The third kappa shape index (κ3) is 1.40. The molecule has 0 spiro atoms. The van der Waals surface area contributed by atoms with Gasteiger partial charge in [0.1, 0.15) is 6.10 Å². The molecule has 0 radical (unpaired) electrons. The maximum Gasteiger partial charge on any atom is 0.103 e. The van der Waals surface area contributed by atoms with Gasteiger partial charge < -0.3 is 9.84 Å². The van der Waals surface area contributed by atoms with Crippen LogP contribution in [0.1, 0.15) is 17.2 Å². The van der Waals surface area contributed by atoms with E-state index in [0.29, 0.717) is 13.2 Å². The van der Waals surface area contributed by atoms with Crippen molar-refractivity contribution in [1.82, 2.24) is 0 Å². The topological polar surface area (TPSA) is 29.5 Å². The van der Waals surface area contributed by atoms with Crippen molar-refractivity contribution in [1.29, 1.82) is 0 Å². The molecule has 0 aromatic heterocycles. The van der Waals surface area contributed by atoms with Crippen molar-refractivity contribution in [2.24, 2.45) is 0 Å². The van der Waals surface area contributed by atoms with Gasteiger partial charge in [0.2, 0.25) is 0 Å². The number of aliphatic hydroxyl groups excluding tert-OH is 1. The fraction of sp³-hybridized carbons (Fsp3) is 0.333. The first-order chi connectivity index (χ1) is 5.77. The first-order valence-corrected chi connectivity index (χ1v) is 4.61. The number of ether oxygens (including phenoxy) is 1. The number of fused-ring (bicyclic) bond motifs is 1. The molecule has 12 heavy (non-hydrogen) atoms. The average Bonchev–Trinajstić information content (AvgIpc) is 2.07. The lowest BCUT2D eigenvalue weighted by Crippen LogP contribution is -2.15. The predicted octanol–water partition coefficient (Wildman–Crippen LogP) is 2.01. The standard InChI is InChI=1S/C9H9BrO2/c10-7-2-1-6-4-12-5-9(11)8(6)3-7/h1-3,9,11H,4-5H2/t9-/m0/s1. The summed E-state index contributed by atoms with van der Waals surface area (Å²) in [6.45, 7) is 1.02. The van der Waals surface area contributed by atoms with Crippen LogP contribution in [0.2, 0.25) is 0 Å². The summed E-state index contributed by atoms with van der Waals surface area (Å²) in [6, 6.07) is 5.88. The molecule has 0 saturated heterocycles. The Hall–Kier alpha value is -0.380. The molecule has 1 atom stereocenters. The minimum absolute atomic E-state index is 0.406. The Morgan fingerprint density at radius 1 is 1.50 bits per heavy atom. The molecule has 1 aromatic rings. The van der Waals surface area contributed by atoms with Crippen LogP contribution in [0.15, 0.2) is 22.7 Å². The summed E-state index contributed by atoms with van der Waals surface area (Å²) in [4.78, 5) is 0. The summed E-state index contributed by atoms with van der Waals surface area (Å²) < 4.78 is 6.18. The molecule has 0 bridgehead atoms. The molecule has 0 unspecified atom stereocenters. The van der Waals surface area contributed by atoms with E-state index < -0.39 is 6.10 Å². The van der Waals surface area contributed by atoms with Crippen LogP contribution in [0.5, 0.6) is 0 Å². The fourth-order valence-electron chi connectivity index (χ4n) is 1.38. The van der Waals surface area contributed by atoms with Crippen LogP contribution in [0.25, 0.3) is 0 Å². The number of benzene rings is 1. The largest absolute Gasteiger partial charge is 0.386 e. The zero-order valence-corrected chi connectivity index (χ0v) is 8.04. The van der Waals surface area contributed by atoms with Crippen LogP contribution >= 0.6 is 15.9 Å². The van der Waals surface area contributed by atoms with Crippen LogP contribution in [0.3, 0.4) is 0 Å². The highest BCUT2D eigenvalue weighted by Crippen LogP contribution is 2.27. The molecule has 1 aliphatic heterocycles. The molecule has 0 fully saturated rings. The Labute approximate surface area is 79.3 Å². The van der Waals surface area contributed by atoms with E-state index in [1.807, 2.05) is 18.2 Å². The van der Waals surface area contributed by atoms with Crippen molar-refractivity contribution in [3.8, 4) is 0 Å². The van der Waals surface area contributed by atoms with Crippen LogP contribution in [-0.2, 0) is 11.3 Å². The summed E-state index contributed by atoms with van der Waals surface area (Å²) in [5.41, 5.74) is 2.06.